The van der Waals surface area contributed by atoms with Gasteiger partial charge in [-0.3, -0.25) is 9.13 Å². The smallest absolute Gasteiger partial charge is 0.324 e. The van der Waals surface area contributed by atoms with Crippen LogP contribution >= 0.6 is 26.3 Å². The van der Waals surface area contributed by atoms with Crippen molar-refractivity contribution in [2.45, 2.75) is 27.2 Å². The number of hydrogen-bond donors (Lipinski definition) is 0. The van der Waals surface area contributed by atoms with E-state index in [1.54, 1.807) is 32.3 Å². The van der Waals surface area contributed by atoms with Gasteiger partial charge < -0.3 is 13.6 Å². The van der Waals surface area contributed by atoms with Crippen molar-refractivity contribution in [3.8, 4) is 0 Å². The minimum absolute atomic E-state index is 0.233. The maximum atomic E-state index is 12.8. The molecule has 0 bridgehead atoms. The SMILES string of the molecule is CCOP(=O)(CCCP(=O)(OCC)c1nccs1)OCC. The van der Waals surface area contributed by atoms with Crippen molar-refractivity contribution in [2.24, 2.45) is 0 Å². The Kier molecular flexibility index (Phi) is 8.32. The van der Waals surface area contributed by atoms with Gasteiger partial charge in [-0.15, -0.1) is 11.3 Å². The van der Waals surface area contributed by atoms with E-state index in [1.165, 1.54) is 11.3 Å². The molecule has 0 saturated carbocycles. The molecule has 0 radical (unpaired) electrons. The minimum Gasteiger partial charge on any atom is -0.324 e. The van der Waals surface area contributed by atoms with Crippen LogP contribution in [-0.2, 0) is 22.7 Å². The zero-order chi connectivity index (χ0) is 15.8. The quantitative estimate of drug-likeness (QED) is 0.563. The average Bonchev–Trinajstić information content (AvgIpc) is 2.94. The molecule has 0 aliphatic carbocycles. The Hall–Kier alpha value is -0.0300. The third-order valence-electron chi connectivity index (χ3n) is 2.58. The summed E-state index contributed by atoms with van der Waals surface area (Å²) in [5.41, 5.74) is 0. The lowest BCUT2D eigenvalue weighted by atomic mass is 10.6. The Bertz CT molecular complexity index is 484. The summed E-state index contributed by atoms with van der Waals surface area (Å²) >= 11 is 1.32. The Morgan fingerprint density at radius 3 is 2.14 bits per heavy atom. The van der Waals surface area contributed by atoms with Gasteiger partial charge in [-0.05, 0) is 27.2 Å². The van der Waals surface area contributed by atoms with Crippen molar-refractivity contribution >= 4 is 31.1 Å². The van der Waals surface area contributed by atoms with Crippen LogP contribution in [0.1, 0.15) is 27.2 Å². The molecule has 0 amide bonds. The maximum absolute atomic E-state index is 12.8. The van der Waals surface area contributed by atoms with Gasteiger partial charge in [0.25, 0.3) is 7.37 Å². The Morgan fingerprint density at radius 1 is 1.05 bits per heavy atom. The van der Waals surface area contributed by atoms with Crippen molar-refractivity contribution in [3.63, 3.8) is 0 Å². The minimum atomic E-state index is -3.09. The van der Waals surface area contributed by atoms with Crippen LogP contribution in [0.5, 0.6) is 0 Å². The van der Waals surface area contributed by atoms with E-state index in [2.05, 4.69) is 4.98 Å². The molecular formula is C12H23NO5P2S. The predicted molar refractivity (Wildman–Crippen MR) is 86.2 cm³/mol. The van der Waals surface area contributed by atoms with Crippen LogP contribution in [0.15, 0.2) is 11.6 Å². The molecule has 1 heterocycles. The predicted octanol–water partition coefficient (Wildman–Crippen LogP) is 3.74. The fourth-order valence-electron chi connectivity index (χ4n) is 1.84. The molecule has 1 atom stereocenters. The molecule has 1 aromatic heterocycles. The zero-order valence-electron chi connectivity index (χ0n) is 12.7. The highest BCUT2D eigenvalue weighted by Crippen LogP contribution is 2.52. The van der Waals surface area contributed by atoms with Gasteiger partial charge in [-0.1, -0.05) is 0 Å². The van der Waals surface area contributed by atoms with E-state index in [0.717, 1.165) is 0 Å². The number of hydrogen-bond acceptors (Lipinski definition) is 7. The molecule has 9 heteroatoms. The molecule has 21 heavy (non-hydrogen) atoms. The number of aromatic nitrogens is 1. The second-order valence-corrected chi connectivity index (χ2v) is 10.0. The summed E-state index contributed by atoms with van der Waals surface area (Å²) in [5, 5.41) is 1.77. The molecule has 1 unspecified atom stereocenters. The number of nitrogens with zero attached hydrogens (tertiary/aromatic N) is 1. The first-order valence-electron chi connectivity index (χ1n) is 7.01. The van der Waals surface area contributed by atoms with E-state index in [1.807, 2.05) is 0 Å². The molecule has 0 aliphatic heterocycles. The van der Waals surface area contributed by atoms with Crippen LogP contribution in [0.2, 0.25) is 0 Å². The van der Waals surface area contributed by atoms with E-state index in [-0.39, 0.29) is 6.16 Å². The summed E-state index contributed by atoms with van der Waals surface area (Å²) in [4.78, 5) is 4.09. The van der Waals surface area contributed by atoms with Gasteiger partial charge in [0.1, 0.15) is 0 Å². The van der Waals surface area contributed by atoms with E-state index in [4.69, 9.17) is 13.6 Å². The second-order valence-electron chi connectivity index (χ2n) is 4.15. The molecule has 0 spiro atoms. The lowest BCUT2D eigenvalue weighted by molar-refractivity contribution is 0.220. The highest BCUT2D eigenvalue weighted by Gasteiger charge is 2.30. The number of rotatable bonds is 11. The maximum Gasteiger partial charge on any atom is 0.330 e. The molecule has 122 valence electrons. The summed E-state index contributed by atoms with van der Waals surface area (Å²) < 4.78 is 41.6. The fraction of sp³-hybridized carbons (Fsp3) is 0.750. The summed E-state index contributed by atoms with van der Waals surface area (Å²) in [5.74, 6) is 0. The molecule has 0 fully saturated rings. The lowest BCUT2D eigenvalue weighted by Gasteiger charge is -2.19. The van der Waals surface area contributed by atoms with Crippen LogP contribution in [-0.4, -0.2) is 37.1 Å². The summed E-state index contributed by atoms with van der Waals surface area (Å²) in [6.45, 7) is 6.34. The molecule has 0 aromatic carbocycles. The van der Waals surface area contributed by atoms with Gasteiger partial charge >= 0.3 is 7.60 Å². The topological polar surface area (TPSA) is 74.7 Å². The van der Waals surface area contributed by atoms with Gasteiger partial charge in [-0.25, -0.2) is 4.98 Å². The summed E-state index contributed by atoms with van der Waals surface area (Å²) in [7, 11) is -6.07. The Morgan fingerprint density at radius 2 is 1.67 bits per heavy atom. The first-order valence-corrected chi connectivity index (χ1v) is 11.4. The van der Waals surface area contributed by atoms with Crippen LogP contribution in [0.3, 0.4) is 0 Å². The first kappa shape index (κ1) is 19.0. The van der Waals surface area contributed by atoms with E-state index in [9.17, 15) is 9.13 Å². The van der Waals surface area contributed by atoms with Crippen molar-refractivity contribution in [1.82, 2.24) is 4.98 Å². The van der Waals surface area contributed by atoms with Crippen molar-refractivity contribution in [3.05, 3.63) is 11.6 Å². The number of thiazole rings is 1. The van der Waals surface area contributed by atoms with E-state index in [0.29, 0.717) is 37.2 Å². The molecular weight excluding hydrogens is 332 g/mol. The highest BCUT2D eigenvalue weighted by atomic mass is 32.1. The lowest BCUT2D eigenvalue weighted by Crippen LogP contribution is -2.11. The van der Waals surface area contributed by atoms with Gasteiger partial charge in [-0.2, -0.15) is 0 Å². The molecule has 0 N–H and O–H groups in total. The van der Waals surface area contributed by atoms with Crippen molar-refractivity contribution in [1.29, 1.82) is 0 Å². The Labute approximate surface area is 130 Å². The van der Waals surface area contributed by atoms with Crippen molar-refractivity contribution in [2.75, 3.05) is 32.1 Å². The first-order chi connectivity index (χ1) is 9.99. The van der Waals surface area contributed by atoms with Crippen LogP contribution in [0.25, 0.3) is 0 Å². The van der Waals surface area contributed by atoms with E-state index >= 15 is 0 Å². The van der Waals surface area contributed by atoms with Crippen LogP contribution in [0, 0.1) is 0 Å². The van der Waals surface area contributed by atoms with Crippen molar-refractivity contribution < 1.29 is 22.7 Å². The normalized spacial score (nSPS) is 15.0. The zero-order valence-corrected chi connectivity index (χ0v) is 15.3. The average molecular weight is 355 g/mol. The van der Waals surface area contributed by atoms with Gasteiger partial charge in [0.15, 0.2) is 4.75 Å². The van der Waals surface area contributed by atoms with Gasteiger partial charge in [0.2, 0.25) is 0 Å². The summed E-state index contributed by atoms with van der Waals surface area (Å²) in [6, 6.07) is 0. The molecule has 1 aromatic rings. The largest absolute Gasteiger partial charge is 0.330 e. The van der Waals surface area contributed by atoms with Crippen LogP contribution in [0.4, 0.5) is 0 Å². The monoisotopic (exact) mass is 355 g/mol. The van der Waals surface area contributed by atoms with Gasteiger partial charge in [0, 0.05) is 17.7 Å². The standard InChI is InChI=1S/C12H23NO5P2S/c1-4-16-19(14,12-13-8-11-21-12)9-7-10-20(15,17-5-2)18-6-3/h8,11H,4-7,9-10H2,1-3H3. The summed E-state index contributed by atoms with van der Waals surface area (Å²) in [6.07, 6.45) is 2.57. The highest BCUT2D eigenvalue weighted by molar-refractivity contribution is 7.72. The third-order valence-corrected chi connectivity index (χ3v) is 8.75. The molecule has 0 saturated heterocycles. The second kappa shape index (κ2) is 9.19. The molecule has 0 aliphatic rings. The molecule has 1 rings (SSSR count). The van der Waals surface area contributed by atoms with E-state index < -0.39 is 15.0 Å². The van der Waals surface area contributed by atoms with Crippen LogP contribution < -0.4 is 4.75 Å². The third kappa shape index (κ3) is 5.93. The molecule has 6 nitrogen and oxygen atoms in total. The van der Waals surface area contributed by atoms with Gasteiger partial charge in [0.05, 0.1) is 26.0 Å². The fourth-order valence-corrected chi connectivity index (χ4v) is 7.04. The Balaban J connectivity index is 2.66.